The normalized spacial score (nSPS) is 14.7. The van der Waals surface area contributed by atoms with Crippen LogP contribution in [0.25, 0.3) is 10.8 Å². The van der Waals surface area contributed by atoms with Gasteiger partial charge in [-0.25, -0.2) is 0 Å². The summed E-state index contributed by atoms with van der Waals surface area (Å²) in [6.45, 7) is 2.56. The van der Waals surface area contributed by atoms with Gasteiger partial charge in [-0.2, -0.15) is 0 Å². The van der Waals surface area contributed by atoms with Gasteiger partial charge in [0.15, 0.2) is 0 Å². The van der Waals surface area contributed by atoms with Crippen molar-refractivity contribution < 1.29 is 9.59 Å². The summed E-state index contributed by atoms with van der Waals surface area (Å²) in [4.78, 5) is 28.6. The monoisotopic (exact) mass is 456 g/mol. The molecule has 34 heavy (non-hydrogen) atoms. The van der Waals surface area contributed by atoms with Crippen LogP contribution in [0.5, 0.6) is 0 Å². The van der Waals surface area contributed by atoms with Crippen molar-refractivity contribution in [3.05, 3.63) is 83.9 Å². The van der Waals surface area contributed by atoms with E-state index in [9.17, 15) is 9.59 Å². The van der Waals surface area contributed by atoms with Crippen LogP contribution in [-0.2, 0) is 22.4 Å². The van der Waals surface area contributed by atoms with Crippen LogP contribution in [0.4, 0.5) is 0 Å². The van der Waals surface area contributed by atoms with E-state index in [0.717, 1.165) is 19.3 Å². The van der Waals surface area contributed by atoms with Gasteiger partial charge in [-0.3, -0.25) is 9.59 Å². The van der Waals surface area contributed by atoms with Gasteiger partial charge in [-0.05, 0) is 54.0 Å². The molecular weight excluding hydrogens is 420 g/mol. The highest BCUT2D eigenvalue weighted by molar-refractivity contribution is 5.89. The standard InChI is InChI=1S/C30H36N2O2/c1-2-28(30(34)31-26-16-7-8-17-26)32(22-21-23-11-4-3-5-12-23)29(33)20-19-25-15-10-14-24-13-6-9-18-27(24)25/h3-6,9-15,18,26,28H,2,7-8,16-17,19-22H2,1H3,(H,31,34)/t28-/m0/s1. The number of aryl methyl sites for hydroxylation is 1. The Morgan fingerprint density at radius 2 is 1.62 bits per heavy atom. The molecule has 4 rings (SSSR count). The third-order valence-electron chi connectivity index (χ3n) is 7.06. The number of fused-ring (bicyclic) bond motifs is 1. The fourth-order valence-corrected chi connectivity index (χ4v) is 5.16. The van der Waals surface area contributed by atoms with Gasteiger partial charge < -0.3 is 10.2 Å². The van der Waals surface area contributed by atoms with Crippen molar-refractivity contribution in [2.45, 2.75) is 70.4 Å². The van der Waals surface area contributed by atoms with Gasteiger partial charge >= 0.3 is 0 Å². The molecule has 178 valence electrons. The molecule has 0 spiro atoms. The molecular formula is C30H36N2O2. The van der Waals surface area contributed by atoms with Crippen molar-refractivity contribution in [3.8, 4) is 0 Å². The lowest BCUT2D eigenvalue weighted by atomic mass is 10.00. The first-order chi connectivity index (χ1) is 16.7. The highest BCUT2D eigenvalue weighted by Crippen LogP contribution is 2.22. The molecule has 0 heterocycles. The largest absolute Gasteiger partial charge is 0.352 e. The minimum absolute atomic E-state index is 0.000901. The summed E-state index contributed by atoms with van der Waals surface area (Å²) in [6, 6.07) is 24.6. The SMILES string of the molecule is CC[C@@H](C(=O)NC1CCCC1)N(CCc1ccccc1)C(=O)CCc1cccc2ccccc12. The molecule has 0 radical (unpaired) electrons. The number of nitrogens with one attached hydrogen (secondary N) is 1. The lowest BCUT2D eigenvalue weighted by molar-refractivity contribution is -0.141. The number of hydrogen-bond donors (Lipinski definition) is 1. The molecule has 0 bridgehead atoms. The van der Waals surface area contributed by atoms with E-state index in [-0.39, 0.29) is 17.9 Å². The number of carbonyl (C=O) groups excluding carboxylic acids is 2. The minimum atomic E-state index is -0.427. The van der Waals surface area contributed by atoms with Crippen LogP contribution in [-0.4, -0.2) is 35.3 Å². The number of hydrogen-bond acceptors (Lipinski definition) is 2. The van der Waals surface area contributed by atoms with E-state index in [1.54, 1.807) is 0 Å². The second-order valence-corrected chi connectivity index (χ2v) is 9.38. The number of carbonyl (C=O) groups is 2. The van der Waals surface area contributed by atoms with E-state index < -0.39 is 6.04 Å². The summed E-state index contributed by atoms with van der Waals surface area (Å²) < 4.78 is 0. The van der Waals surface area contributed by atoms with Gasteiger partial charge in [0.1, 0.15) is 6.04 Å². The Morgan fingerprint density at radius 3 is 2.38 bits per heavy atom. The molecule has 4 nitrogen and oxygen atoms in total. The average molecular weight is 457 g/mol. The van der Waals surface area contributed by atoms with Crippen LogP contribution in [0.15, 0.2) is 72.8 Å². The first-order valence-electron chi connectivity index (χ1n) is 12.8. The molecule has 0 aromatic heterocycles. The number of benzene rings is 3. The third kappa shape index (κ3) is 6.05. The van der Waals surface area contributed by atoms with Gasteiger partial charge in [-0.1, -0.05) is 92.6 Å². The van der Waals surface area contributed by atoms with Crippen LogP contribution in [0.3, 0.4) is 0 Å². The number of rotatable bonds is 10. The van der Waals surface area contributed by atoms with Gasteiger partial charge in [0.05, 0.1) is 0 Å². The van der Waals surface area contributed by atoms with E-state index in [1.807, 2.05) is 42.2 Å². The van der Waals surface area contributed by atoms with Gasteiger partial charge in [-0.15, -0.1) is 0 Å². The Balaban J connectivity index is 1.49. The highest BCUT2D eigenvalue weighted by Gasteiger charge is 2.30. The zero-order valence-corrected chi connectivity index (χ0v) is 20.2. The van der Waals surface area contributed by atoms with Crippen molar-refractivity contribution >= 4 is 22.6 Å². The van der Waals surface area contributed by atoms with Crippen molar-refractivity contribution in [2.75, 3.05) is 6.54 Å². The minimum Gasteiger partial charge on any atom is -0.352 e. The average Bonchev–Trinajstić information content (AvgIpc) is 3.38. The van der Waals surface area contributed by atoms with Crippen molar-refractivity contribution in [2.24, 2.45) is 0 Å². The first-order valence-corrected chi connectivity index (χ1v) is 12.8. The Hall–Kier alpha value is -3.14. The Morgan fingerprint density at radius 1 is 0.912 bits per heavy atom. The quantitative estimate of drug-likeness (QED) is 0.427. The van der Waals surface area contributed by atoms with Crippen molar-refractivity contribution in [3.63, 3.8) is 0 Å². The number of nitrogens with zero attached hydrogens (tertiary/aromatic N) is 1. The predicted octanol–water partition coefficient (Wildman–Crippen LogP) is 5.68. The lowest BCUT2D eigenvalue weighted by Crippen LogP contribution is -2.51. The van der Waals surface area contributed by atoms with E-state index in [1.165, 1.54) is 34.7 Å². The molecule has 4 heteroatoms. The molecule has 3 aromatic carbocycles. The van der Waals surface area contributed by atoms with Crippen LogP contribution >= 0.6 is 0 Å². The third-order valence-corrected chi connectivity index (χ3v) is 7.06. The number of amides is 2. The second kappa shape index (κ2) is 11.8. The Labute approximate surface area is 203 Å². The summed E-state index contributed by atoms with van der Waals surface area (Å²) in [5.41, 5.74) is 2.36. The summed E-state index contributed by atoms with van der Waals surface area (Å²) in [6.07, 6.45) is 6.86. The van der Waals surface area contributed by atoms with Crippen LogP contribution in [0, 0.1) is 0 Å². The van der Waals surface area contributed by atoms with Crippen molar-refractivity contribution in [1.82, 2.24) is 10.2 Å². The predicted molar refractivity (Wildman–Crippen MR) is 139 cm³/mol. The fraction of sp³-hybridized carbons (Fsp3) is 0.400. The highest BCUT2D eigenvalue weighted by atomic mass is 16.2. The summed E-state index contributed by atoms with van der Waals surface area (Å²) in [7, 11) is 0. The molecule has 0 saturated heterocycles. The van der Waals surface area contributed by atoms with Gasteiger partial charge in [0, 0.05) is 19.0 Å². The molecule has 1 aliphatic rings. The Kier molecular flexibility index (Phi) is 8.35. The fourth-order valence-electron chi connectivity index (χ4n) is 5.16. The van der Waals surface area contributed by atoms with Crippen molar-refractivity contribution in [1.29, 1.82) is 0 Å². The maximum Gasteiger partial charge on any atom is 0.243 e. The van der Waals surface area contributed by atoms with Gasteiger partial charge in [0.2, 0.25) is 11.8 Å². The van der Waals surface area contributed by atoms with E-state index in [0.29, 0.717) is 25.8 Å². The van der Waals surface area contributed by atoms with Crippen LogP contribution in [0.1, 0.15) is 56.6 Å². The topological polar surface area (TPSA) is 49.4 Å². The molecule has 1 fully saturated rings. The maximum atomic E-state index is 13.6. The zero-order valence-electron chi connectivity index (χ0n) is 20.2. The summed E-state index contributed by atoms with van der Waals surface area (Å²) >= 11 is 0. The van der Waals surface area contributed by atoms with E-state index in [4.69, 9.17) is 0 Å². The molecule has 0 aliphatic heterocycles. The molecule has 1 saturated carbocycles. The first kappa shape index (κ1) is 24.0. The summed E-state index contributed by atoms with van der Waals surface area (Å²) in [5.74, 6) is 0.0539. The molecule has 2 amide bonds. The zero-order chi connectivity index (χ0) is 23.8. The van der Waals surface area contributed by atoms with E-state index >= 15 is 0 Å². The molecule has 1 aliphatic carbocycles. The lowest BCUT2D eigenvalue weighted by Gasteiger charge is -2.31. The molecule has 1 atom stereocenters. The second-order valence-electron chi connectivity index (χ2n) is 9.38. The Bertz CT molecular complexity index is 1080. The van der Waals surface area contributed by atoms with Crippen LogP contribution < -0.4 is 5.32 Å². The smallest absolute Gasteiger partial charge is 0.243 e. The molecule has 1 N–H and O–H groups in total. The van der Waals surface area contributed by atoms with E-state index in [2.05, 4.69) is 47.8 Å². The maximum absolute atomic E-state index is 13.6. The molecule has 3 aromatic rings. The van der Waals surface area contributed by atoms with Crippen LogP contribution in [0.2, 0.25) is 0 Å². The van der Waals surface area contributed by atoms with Gasteiger partial charge in [0.25, 0.3) is 0 Å². The summed E-state index contributed by atoms with van der Waals surface area (Å²) in [5, 5.41) is 5.61. The molecule has 0 unspecified atom stereocenters.